The van der Waals surface area contributed by atoms with Crippen LogP contribution in [0.15, 0.2) is 36.4 Å². The molecule has 0 radical (unpaired) electrons. The molecule has 7 heteroatoms. The predicted molar refractivity (Wildman–Crippen MR) is 160 cm³/mol. The van der Waals surface area contributed by atoms with Crippen LogP contribution in [-0.2, 0) is 11.8 Å². The second-order valence-corrected chi connectivity index (χ2v) is 14.0. The van der Waals surface area contributed by atoms with E-state index in [2.05, 4.69) is 35.6 Å². The number of aliphatic hydroxyl groups is 1. The number of carbonyl (C=O) groups is 1. The van der Waals surface area contributed by atoms with Gasteiger partial charge in [0.2, 0.25) is 0 Å². The standard InChI is InChI=1S/C32H41ClN2O3S/c1-20-12-21(2)17-39-34-31(37)23-6-10-30-28(15-23)35(16-24-5-8-26(24)29(36)13-20)18-32(19-38-30)11-3-4-22-14-25(33)7-9-27(22)32/h6-7,9-10,14-15,20-21,24,26,29,36H,3-5,8,11-13,16-19H2,1-2H3,(H,34,37)/t20-,21-,24+,26-,29-,32+/m1/s1. The number of aliphatic hydroxyl groups excluding tert-OH is 1. The first-order valence-electron chi connectivity index (χ1n) is 14.7. The molecule has 2 N–H and O–H groups in total. The number of hydrogen-bond acceptors (Lipinski definition) is 5. The molecular formula is C32H41ClN2O3S. The van der Waals surface area contributed by atoms with Gasteiger partial charge in [0.25, 0.3) is 5.91 Å². The van der Waals surface area contributed by atoms with Crippen molar-refractivity contribution in [2.75, 3.05) is 30.3 Å². The summed E-state index contributed by atoms with van der Waals surface area (Å²) >= 11 is 7.90. The highest BCUT2D eigenvalue weighted by Crippen LogP contribution is 2.47. The average molecular weight is 569 g/mol. The number of aryl methyl sites for hydroxylation is 1. The van der Waals surface area contributed by atoms with Gasteiger partial charge in [-0.25, -0.2) is 0 Å². The zero-order valence-electron chi connectivity index (χ0n) is 23.1. The van der Waals surface area contributed by atoms with E-state index in [0.29, 0.717) is 35.8 Å². The maximum atomic E-state index is 13.2. The number of benzene rings is 2. The summed E-state index contributed by atoms with van der Waals surface area (Å²) < 4.78 is 9.67. The number of nitrogens with zero attached hydrogens (tertiary/aromatic N) is 1. The highest BCUT2D eigenvalue weighted by molar-refractivity contribution is 7.97. The van der Waals surface area contributed by atoms with Crippen molar-refractivity contribution in [3.05, 3.63) is 58.1 Å². The molecule has 2 aliphatic heterocycles. The summed E-state index contributed by atoms with van der Waals surface area (Å²) in [6, 6.07) is 12.3. The smallest absolute Gasteiger partial charge is 0.261 e. The van der Waals surface area contributed by atoms with Crippen LogP contribution < -0.4 is 14.4 Å². The molecule has 1 fully saturated rings. The molecular weight excluding hydrogens is 528 g/mol. The van der Waals surface area contributed by atoms with Crippen LogP contribution in [0.4, 0.5) is 5.69 Å². The number of carbonyl (C=O) groups excluding carboxylic acids is 1. The van der Waals surface area contributed by atoms with Gasteiger partial charge in [-0.15, -0.1) is 0 Å². The Kier molecular flexibility index (Phi) is 7.82. The van der Waals surface area contributed by atoms with Crippen LogP contribution in [0.25, 0.3) is 0 Å². The molecule has 4 aliphatic rings. The van der Waals surface area contributed by atoms with E-state index in [0.717, 1.165) is 80.2 Å². The lowest BCUT2D eigenvalue weighted by molar-refractivity contribution is 0.000600. The number of anilines is 1. The van der Waals surface area contributed by atoms with Crippen LogP contribution in [0.5, 0.6) is 5.75 Å². The zero-order chi connectivity index (χ0) is 27.1. The third-order valence-corrected chi connectivity index (χ3v) is 11.0. The average Bonchev–Trinajstić information content (AvgIpc) is 3.02. The number of amides is 1. The lowest BCUT2D eigenvalue weighted by Gasteiger charge is -2.46. The van der Waals surface area contributed by atoms with E-state index in [1.807, 2.05) is 24.3 Å². The first-order chi connectivity index (χ1) is 18.8. The van der Waals surface area contributed by atoms with Crippen molar-refractivity contribution in [2.24, 2.45) is 23.7 Å². The number of hydrogen-bond donors (Lipinski definition) is 2. The summed E-state index contributed by atoms with van der Waals surface area (Å²) in [7, 11) is 0. The van der Waals surface area contributed by atoms with Crippen molar-refractivity contribution in [3.8, 4) is 5.75 Å². The molecule has 1 spiro atoms. The Morgan fingerprint density at radius 1 is 1.13 bits per heavy atom. The van der Waals surface area contributed by atoms with Gasteiger partial charge >= 0.3 is 0 Å². The molecule has 2 heterocycles. The number of ether oxygens (including phenoxy) is 1. The Morgan fingerprint density at radius 3 is 2.82 bits per heavy atom. The molecule has 6 atom stereocenters. The van der Waals surface area contributed by atoms with E-state index >= 15 is 0 Å². The van der Waals surface area contributed by atoms with Gasteiger partial charge in [0, 0.05) is 34.8 Å². The highest BCUT2D eigenvalue weighted by Gasteiger charge is 2.44. The Labute approximate surface area is 242 Å². The van der Waals surface area contributed by atoms with Gasteiger partial charge in [-0.1, -0.05) is 31.5 Å². The molecule has 1 saturated carbocycles. The van der Waals surface area contributed by atoms with Crippen LogP contribution in [0, 0.1) is 23.7 Å². The molecule has 210 valence electrons. The first kappa shape index (κ1) is 27.3. The molecule has 0 aromatic heterocycles. The van der Waals surface area contributed by atoms with Gasteiger partial charge in [-0.2, -0.15) is 0 Å². The normalized spacial score (nSPS) is 33.2. The van der Waals surface area contributed by atoms with Crippen LogP contribution in [0.2, 0.25) is 5.02 Å². The summed E-state index contributed by atoms with van der Waals surface area (Å²) in [5, 5.41) is 12.1. The van der Waals surface area contributed by atoms with Crippen molar-refractivity contribution in [1.82, 2.24) is 4.72 Å². The summed E-state index contributed by atoms with van der Waals surface area (Å²) in [5.74, 6) is 3.35. The highest BCUT2D eigenvalue weighted by atomic mass is 35.5. The quantitative estimate of drug-likeness (QED) is 0.349. The summed E-state index contributed by atoms with van der Waals surface area (Å²) in [6.07, 6.45) is 7.09. The minimum Gasteiger partial charge on any atom is -0.490 e. The number of halogens is 1. The van der Waals surface area contributed by atoms with E-state index in [9.17, 15) is 9.90 Å². The SMILES string of the molecule is C[C@@H]1C[C@@H](C)CSNC(=O)c2ccc3c(c2)N(C[C@@H]2CC[C@H]2[C@H](O)C1)C[C@@]1(CCCc2cc(Cl)ccc21)CO3. The van der Waals surface area contributed by atoms with Crippen LogP contribution in [-0.4, -0.2) is 42.6 Å². The van der Waals surface area contributed by atoms with E-state index in [-0.39, 0.29) is 17.4 Å². The minimum atomic E-state index is -0.258. The Bertz CT molecular complexity index is 1220. The van der Waals surface area contributed by atoms with Crippen molar-refractivity contribution in [1.29, 1.82) is 0 Å². The van der Waals surface area contributed by atoms with Gasteiger partial charge in [0.1, 0.15) is 5.75 Å². The monoisotopic (exact) mass is 568 g/mol. The maximum absolute atomic E-state index is 13.2. The third-order valence-electron chi connectivity index (χ3n) is 9.71. The number of rotatable bonds is 0. The molecule has 2 aromatic rings. The molecule has 0 unspecified atom stereocenters. The van der Waals surface area contributed by atoms with Crippen molar-refractivity contribution >= 4 is 35.1 Å². The number of fused-ring (bicyclic) bond motifs is 4. The van der Waals surface area contributed by atoms with Crippen LogP contribution >= 0.6 is 23.5 Å². The van der Waals surface area contributed by atoms with Crippen LogP contribution in [0.3, 0.4) is 0 Å². The van der Waals surface area contributed by atoms with Crippen molar-refractivity contribution < 1.29 is 14.6 Å². The van der Waals surface area contributed by atoms with Gasteiger partial charge in [0.05, 0.1) is 18.4 Å². The van der Waals surface area contributed by atoms with E-state index in [4.69, 9.17) is 16.3 Å². The molecule has 6 rings (SSSR count). The fraction of sp³-hybridized carbons (Fsp3) is 0.594. The second kappa shape index (κ2) is 11.2. The van der Waals surface area contributed by atoms with E-state index < -0.39 is 0 Å². The fourth-order valence-electron chi connectivity index (χ4n) is 7.61. The molecule has 1 amide bonds. The Hall–Kier alpha value is -1.89. The lowest BCUT2D eigenvalue weighted by Crippen LogP contribution is -2.49. The van der Waals surface area contributed by atoms with Gasteiger partial charge in [-0.05, 0) is 122 Å². The largest absolute Gasteiger partial charge is 0.490 e. The molecule has 2 aromatic carbocycles. The summed E-state index contributed by atoms with van der Waals surface area (Å²) in [4.78, 5) is 15.7. The van der Waals surface area contributed by atoms with Gasteiger partial charge in [0.15, 0.2) is 0 Å². The third kappa shape index (κ3) is 5.54. The maximum Gasteiger partial charge on any atom is 0.261 e. The topological polar surface area (TPSA) is 61.8 Å². The Morgan fingerprint density at radius 2 is 2.00 bits per heavy atom. The first-order valence-corrected chi connectivity index (χ1v) is 16.1. The molecule has 2 aliphatic carbocycles. The molecule has 39 heavy (non-hydrogen) atoms. The van der Waals surface area contributed by atoms with Crippen LogP contribution in [0.1, 0.15) is 73.9 Å². The van der Waals surface area contributed by atoms with Gasteiger partial charge in [-0.3, -0.25) is 9.52 Å². The van der Waals surface area contributed by atoms with E-state index in [1.54, 1.807) is 0 Å². The van der Waals surface area contributed by atoms with E-state index in [1.165, 1.54) is 23.1 Å². The fourth-order valence-corrected chi connectivity index (χ4v) is 8.56. The van der Waals surface area contributed by atoms with Crippen molar-refractivity contribution in [3.63, 3.8) is 0 Å². The van der Waals surface area contributed by atoms with Crippen molar-refractivity contribution in [2.45, 2.75) is 70.3 Å². The molecule has 2 bridgehead atoms. The molecule has 5 nitrogen and oxygen atoms in total. The number of nitrogens with one attached hydrogen (secondary N) is 1. The minimum absolute atomic E-state index is 0.0522. The summed E-state index contributed by atoms with van der Waals surface area (Å²) in [6.45, 7) is 6.81. The van der Waals surface area contributed by atoms with Gasteiger partial charge < -0.3 is 14.7 Å². The lowest BCUT2D eigenvalue weighted by atomic mass is 9.67. The second-order valence-electron chi connectivity index (χ2n) is 12.8. The summed E-state index contributed by atoms with van der Waals surface area (Å²) in [5.41, 5.74) is 4.20. The molecule has 0 saturated heterocycles. The Balaban J connectivity index is 1.38. The predicted octanol–water partition coefficient (Wildman–Crippen LogP) is 6.64. The zero-order valence-corrected chi connectivity index (χ0v) is 24.7.